The molecular weight excluding hydrogens is 501 g/mol. The van der Waals surface area contributed by atoms with Crippen molar-refractivity contribution in [3.8, 4) is 5.69 Å². The van der Waals surface area contributed by atoms with Gasteiger partial charge in [-0.15, -0.1) is 0 Å². The minimum absolute atomic E-state index is 0.138. The Balaban J connectivity index is 1.81. The highest BCUT2D eigenvalue weighted by molar-refractivity contribution is 6.31. The standard InChI is InChI=1S/C24H28ClF3N4O4/c1-23(2,3)36-22(35)31-8-4-5-15(12-31)30-21(34)17-13-32(11-14(17)9-20(29)33)16-6-7-18(19(25)10-16)24(26,27)28/h6-7,10-11,13,15H,4-5,8-9,12H2,1-3H3,(H2,29,33)(H,30,34)/t15-/m0/s1. The maximum absolute atomic E-state index is 13.1. The summed E-state index contributed by atoms with van der Waals surface area (Å²) in [6, 6.07) is 2.83. The SMILES string of the molecule is CC(C)(C)OC(=O)N1CCC[C@H](NC(=O)c2cn(-c3ccc(C(F)(F)F)c(Cl)c3)cc2CC(N)=O)C1. The molecule has 1 fully saturated rings. The molecule has 3 N–H and O–H groups in total. The van der Waals surface area contributed by atoms with E-state index in [1.54, 1.807) is 20.8 Å². The fraction of sp³-hybridized carbons (Fsp3) is 0.458. The summed E-state index contributed by atoms with van der Waals surface area (Å²) in [5.41, 5.74) is 4.41. The molecule has 2 aromatic rings. The van der Waals surface area contributed by atoms with Crippen LogP contribution in [0.25, 0.3) is 5.69 Å². The lowest BCUT2D eigenvalue weighted by Crippen LogP contribution is -2.50. The fourth-order valence-corrected chi connectivity index (χ4v) is 4.21. The Hall–Kier alpha value is -3.21. The molecular formula is C24H28ClF3N4O4. The summed E-state index contributed by atoms with van der Waals surface area (Å²) < 4.78 is 46.0. The smallest absolute Gasteiger partial charge is 0.417 e. The van der Waals surface area contributed by atoms with Gasteiger partial charge in [0.15, 0.2) is 0 Å². The fourth-order valence-electron chi connectivity index (χ4n) is 3.92. The Labute approximate surface area is 211 Å². The number of aromatic nitrogens is 1. The van der Waals surface area contributed by atoms with E-state index in [-0.39, 0.29) is 30.3 Å². The zero-order valence-corrected chi connectivity index (χ0v) is 20.9. The highest BCUT2D eigenvalue weighted by atomic mass is 35.5. The van der Waals surface area contributed by atoms with Gasteiger partial charge in [-0.05, 0) is 57.4 Å². The van der Waals surface area contributed by atoms with Crippen molar-refractivity contribution in [3.63, 3.8) is 0 Å². The summed E-state index contributed by atoms with van der Waals surface area (Å²) in [6.45, 7) is 6.05. The van der Waals surface area contributed by atoms with E-state index in [2.05, 4.69) is 5.32 Å². The molecule has 0 aliphatic carbocycles. The van der Waals surface area contributed by atoms with Crippen molar-refractivity contribution in [1.29, 1.82) is 0 Å². The number of nitrogens with zero attached hydrogens (tertiary/aromatic N) is 2. The van der Waals surface area contributed by atoms with Gasteiger partial charge < -0.3 is 25.3 Å². The third kappa shape index (κ3) is 6.93. The number of likely N-dealkylation sites (tertiary alicyclic amines) is 1. The number of nitrogens with two attached hydrogens (primary N) is 1. The Kier molecular flexibility index (Phi) is 7.92. The van der Waals surface area contributed by atoms with Gasteiger partial charge in [-0.25, -0.2) is 4.79 Å². The normalized spacial score (nSPS) is 16.5. The summed E-state index contributed by atoms with van der Waals surface area (Å²) in [5.74, 6) is -1.18. The number of ether oxygens (including phenoxy) is 1. The number of primary amides is 1. The second kappa shape index (κ2) is 10.4. The van der Waals surface area contributed by atoms with Crippen LogP contribution in [0, 0.1) is 0 Å². The number of halogens is 4. The lowest BCUT2D eigenvalue weighted by Gasteiger charge is -2.34. The first-order chi connectivity index (χ1) is 16.6. The van der Waals surface area contributed by atoms with Crippen LogP contribution < -0.4 is 11.1 Å². The maximum Gasteiger partial charge on any atom is 0.417 e. The number of rotatable bonds is 5. The molecule has 0 saturated carbocycles. The summed E-state index contributed by atoms with van der Waals surface area (Å²) in [7, 11) is 0. The largest absolute Gasteiger partial charge is 0.444 e. The average molecular weight is 529 g/mol. The molecule has 1 saturated heterocycles. The summed E-state index contributed by atoms with van der Waals surface area (Å²) in [5, 5.41) is 2.37. The molecule has 3 amide bonds. The number of amides is 3. The number of alkyl halides is 3. The summed E-state index contributed by atoms with van der Waals surface area (Å²) in [4.78, 5) is 38.7. The van der Waals surface area contributed by atoms with Gasteiger partial charge in [0.2, 0.25) is 5.91 Å². The third-order valence-electron chi connectivity index (χ3n) is 5.48. The van der Waals surface area contributed by atoms with Crippen LogP contribution in [0.2, 0.25) is 5.02 Å². The molecule has 0 spiro atoms. The van der Waals surface area contributed by atoms with Crippen LogP contribution >= 0.6 is 11.6 Å². The zero-order chi connectivity index (χ0) is 26.8. The van der Waals surface area contributed by atoms with Crippen molar-refractivity contribution in [1.82, 2.24) is 14.8 Å². The van der Waals surface area contributed by atoms with E-state index in [0.717, 1.165) is 12.1 Å². The number of piperidine rings is 1. The van der Waals surface area contributed by atoms with Crippen molar-refractivity contribution in [2.75, 3.05) is 13.1 Å². The predicted molar refractivity (Wildman–Crippen MR) is 127 cm³/mol. The Morgan fingerprint density at radius 1 is 1.19 bits per heavy atom. The van der Waals surface area contributed by atoms with Crippen LogP contribution in [0.3, 0.4) is 0 Å². The van der Waals surface area contributed by atoms with E-state index < -0.39 is 40.3 Å². The van der Waals surface area contributed by atoms with Gasteiger partial charge in [0.1, 0.15) is 5.60 Å². The van der Waals surface area contributed by atoms with Gasteiger partial charge in [-0.2, -0.15) is 13.2 Å². The molecule has 3 rings (SSSR count). The minimum Gasteiger partial charge on any atom is -0.444 e. The van der Waals surface area contributed by atoms with Crippen LogP contribution in [0.1, 0.15) is 55.1 Å². The second-order valence-electron chi connectivity index (χ2n) is 9.65. The highest BCUT2D eigenvalue weighted by Crippen LogP contribution is 2.35. The summed E-state index contributed by atoms with van der Waals surface area (Å²) in [6.07, 6.45) is -1.19. The number of nitrogens with one attached hydrogen (secondary N) is 1. The Morgan fingerprint density at radius 3 is 2.47 bits per heavy atom. The first-order valence-electron chi connectivity index (χ1n) is 11.3. The van der Waals surface area contributed by atoms with Crippen LogP contribution in [0.15, 0.2) is 30.6 Å². The van der Waals surface area contributed by atoms with Gasteiger partial charge in [-0.1, -0.05) is 11.6 Å². The lowest BCUT2D eigenvalue weighted by atomic mass is 10.0. The quantitative estimate of drug-likeness (QED) is 0.603. The lowest BCUT2D eigenvalue weighted by molar-refractivity contribution is -0.137. The van der Waals surface area contributed by atoms with Crippen LogP contribution in [0.4, 0.5) is 18.0 Å². The highest BCUT2D eigenvalue weighted by Gasteiger charge is 2.33. The van der Waals surface area contributed by atoms with E-state index in [4.69, 9.17) is 22.1 Å². The van der Waals surface area contributed by atoms with Crippen molar-refractivity contribution in [2.24, 2.45) is 5.73 Å². The van der Waals surface area contributed by atoms with Crippen molar-refractivity contribution in [2.45, 2.75) is 57.9 Å². The van der Waals surface area contributed by atoms with Gasteiger partial charge in [-0.3, -0.25) is 9.59 Å². The third-order valence-corrected chi connectivity index (χ3v) is 5.80. The van der Waals surface area contributed by atoms with Gasteiger partial charge >= 0.3 is 12.3 Å². The van der Waals surface area contributed by atoms with Crippen LogP contribution in [-0.4, -0.2) is 52.1 Å². The molecule has 0 bridgehead atoms. The predicted octanol–water partition coefficient (Wildman–Crippen LogP) is 4.31. The maximum atomic E-state index is 13.1. The van der Waals surface area contributed by atoms with E-state index in [1.807, 2.05) is 0 Å². The number of hydrogen-bond acceptors (Lipinski definition) is 4. The molecule has 196 valence electrons. The molecule has 1 aliphatic rings. The summed E-state index contributed by atoms with van der Waals surface area (Å²) >= 11 is 5.84. The van der Waals surface area contributed by atoms with Crippen molar-refractivity contribution < 1.29 is 32.3 Å². The van der Waals surface area contributed by atoms with E-state index in [0.29, 0.717) is 24.9 Å². The molecule has 0 unspecified atom stereocenters. The zero-order valence-electron chi connectivity index (χ0n) is 20.1. The van der Waals surface area contributed by atoms with Gasteiger partial charge in [0.05, 0.1) is 22.6 Å². The molecule has 0 radical (unpaired) electrons. The molecule has 12 heteroatoms. The number of carbonyl (C=O) groups is 3. The van der Waals surface area contributed by atoms with Gasteiger partial charge in [0.25, 0.3) is 5.91 Å². The van der Waals surface area contributed by atoms with Crippen molar-refractivity contribution in [3.05, 3.63) is 52.3 Å². The Bertz CT molecular complexity index is 1160. The number of hydrogen-bond donors (Lipinski definition) is 2. The average Bonchev–Trinajstić information content (AvgIpc) is 3.15. The first kappa shape index (κ1) is 27.4. The molecule has 2 heterocycles. The minimum atomic E-state index is -4.61. The molecule has 1 aliphatic heterocycles. The Morgan fingerprint density at radius 2 is 1.89 bits per heavy atom. The monoisotopic (exact) mass is 528 g/mol. The van der Waals surface area contributed by atoms with E-state index in [1.165, 1.54) is 27.9 Å². The topological polar surface area (TPSA) is 107 Å². The molecule has 1 atom stereocenters. The second-order valence-corrected chi connectivity index (χ2v) is 10.1. The van der Waals surface area contributed by atoms with Crippen LogP contribution in [-0.2, 0) is 22.1 Å². The molecule has 1 aromatic carbocycles. The number of carbonyl (C=O) groups excluding carboxylic acids is 3. The number of benzene rings is 1. The first-order valence-corrected chi connectivity index (χ1v) is 11.7. The van der Waals surface area contributed by atoms with Crippen LogP contribution in [0.5, 0.6) is 0 Å². The molecule has 1 aromatic heterocycles. The van der Waals surface area contributed by atoms with E-state index in [9.17, 15) is 27.6 Å². The van der Waals surface area contributed by atoms with Crippen molar-refractivity contribution >= 4 is 29.5 Å². The molecule has 8 nitrogen and oxygen atoms in total. The van der Waals surface area contributed by atoms with Gasteiger partial charge in [0, 0.05) is 37.2 Å². The molecule has 36 heavy (non-hydrogen) atoms. The van der Waals surface area contributed by atoms with E-state index >= 15 is 0 Å².